The van der Waals surface area contributed by atoms with Gasteiger partial charge in [0.25, 0.3) is 5.91 Å². The highest BCUT2D eigenvalue weighted by atomic mass is 16.5. The molecule has 0 saturated carbocycles. The molecule has 1 aliphatic rings. The van der Waals surface area contributed by atoms with Gasteiger partial charge in [-0.15, -0.1) is 0 Å². The summed E-state index contributed by atoms with van der Waals surface area (Å²) in [7, 11) is 1.53. The van der Waals surface area contributed by atoms with Crippen LogP contribution in [0.3, 0.4) is 0 Å². The quantitative estimate of drug-likeness (QED) is 0.672. The summed E-state index contributed by atoms with van der Waals surface area (Å²) in [6.45, 7) is 6.28. The number of pyridine rings is 1. The standard InChI is InChI=1S/C21H33N3O3/c1-16(2)14-18-7-5-8-19(23-18)24-12-10-17(11-13-24)6-4-9-21(26)27-15-20(25)22-3/h5,7-8,16-17H,4,6,9-15H2,1-3H3,(H,22,25). The summed E-state index contributed by atoms with van der Waals surface area (Å²) >= 11 is 0. The molecule has 150 valence electrons. The van der Waals surface area contributed by atoms with Crippen LogP contribution in [0.5, 0.6) is 0 Å². The second kappa shape index (κ2) is 10.9. The number of piperidine rings is 1. The summed E-state index contributed by atoms with van der Waals surface area (Å²) in [5.41, 5.74) is 1.17. The third-order valence-corrected chi connectivity index (χ3v) is 4.98. The van der Waals surface area contributed by atoms with Gasteiger partial charge in [-0.2, -0.15) is 0 Å². The number of aromatic nitrogens is 1. The average Bonchev–Trinajstić information content (AvgIpc) is 2.66. The van der Waals surface area contributed by atoms with Gasteiger partial charge in [-0.1, -0.05) is 19.9 Å². The summed E-state index contributed by atoms with van der Waals surface area (Å²) < 4.78 is 4.93. The Morgan fingerprint density at radius 1 is 1.30 bits per heavy atom. The third kappa shape index (κ3) is 7.57. The molecule has 1 aromatic heterocycles. The molecule has 0 aromatic carbocycles. The van der Waals surface area contributed by atoms with E-state index in [0.29, 0.717) is 18.3 Å². The maximum Gasteiger partial charge on any atom is 0.306 e. The van der Waals surface area contributed by atoms with Crippen molar-refractivity contribution in [1.82, 2.24) is 10.3 Å². The van der Waals surface area contributed by atoms with Crippen LogP contribution in [-0.2, 0) is 20.7 Å². The lowest BCUT2D eigenvalue weighted by Crippen LogP contribution is -2.34. The molecule has 0 radical (unpaired) electrons. The molecule has 0 aliphatic carbocycles. The first-order valence-corrected chi connectivity index (χ1v) is 10.0. The number of ether oxygens (including phenoxy) is 1. The van der Waals surface area contributed by atoms with E-state index in [1.165, 1.54) is 12.7 Å². The smallest absolute Gasteiger partial charge is 0.306 e. The number of carbonyl (C=O) groups excluding carboxylic acids is 2. The van der Waals surface area contributed by atoms with Crippen LogP contribution in [0.25, 0.3) is 0 Å². The Kier molecular flexibility index (Phi) is 8.55. The molecule has 1 N–H and O–H groups in total. The lowest BCUT2D eigenvalue weighted by molar-refractivity contribution is -0.148. The highest BCUT2D eigenvalue weighted by Gasteiger charge is 2.20. The van der Waals surface area contributed by atoms with Crippen LogP contribution >= 0.6 is 0 Å². The minimum atomic E-state index is -0.290. The maximum absolute atomic E-state index is 11.6. The van der Waals surface area contributed by atoms with E-state index in [0.717, 1.165) is 51.0 Å². The number of hydrogen-bond donors (Lipinski definition) is 1. The van der Waals surface area contributed by atoms with Gasteiger partial charge in [-0.3, -0.25) is 9.59 Å². The Hall–Kier alpha value is -2.11. The molecule has 2 rings (SSSR count). The molecule has 1 fully saturated rings. The SMILES string of the molecule is CNC(=O)COC(=O)CCCC1CCN(c2cccc(CC(C)C)n2)CC1. The van der Waals surface area contributed by atoms with Crippen molar-refractivity contribution in [2.45, 2.75) is 52.4 Å². The van der Waals surface area contributed by atoms with E-state index in [4.69, 9.17) is 9.72 Å². The van der Waals surface area contributed by atoms with Crippen molar-refractivity contribution >= 4 is 17.7 Å². The molecule has 1 aliphatic heterocycles. The zero-order valence-corrected chi connectivity index (χ0v) is 16.9. The van der Waals surface area contributed by atoms with Crippen LogP contribution in [0.2, 0.25) is 0 Å². The Balaban J connectivity index is 1.68. The number of carbonyl (C=O) groups is 2. The molecule has 6 nitrogen and oxygen atoms in total. The molecule has 0 unspecified atom stereocenters. The second-order valence-corrected chi connectivity index (χ2v) is 7.74. The van der Waals surface area contributed by atoms with Gasteiger partial charge in [-0.25, -0.2) is 4.98 Å². The Bertz CT molecular complexity index is 610. The molecule has 1 aromatic rings. The molecule has 1 amide bonds. The van der Waals surface area contributed by atoms with Gasteiger partial charge < -0.3 is 15.0 Å². The van der Waals surface area contributed by atoms with E-state index in [2.05, 4.69) is 42.3 Å². The predicted octanol–water partition coefficient (Wildman–Crippen LogP) is 2.96. The fourth-order valence-corrected chi connectivity index (χ4v) is 3.45. The summed E-state index contributed by atoms with van der Waals surface area (Å²) in [5, 5.41) is 2.43. The van der Waals surface area contributed by atoms with E-state index in [1.54, 1.807) is 0 Å². The number of hydrogen-bond acceptors (Lipinski definition) is 5. The first-order valence-electron chi connectivity index (χ1n) is 10.0. The molecule has 1 saturated heterocycles. The van der Waals surface area contributed by atoms with Gasteiger partial charge in [0, 0.05) is 32.3 Å². The molecular weight excluding hydrogens is 342 g/mol. The highest BCUT2D eigenvalue weighted by molar-refractivity contribution is 5.80. The van der Waals surface area contributed by atoms with Crippen molar-refractivity contribution in [2.75, 3.05) is 31.6 Å². The second-order valence-electron chi connectivity index (χ2n) is 7.74. The minimum absolute atomic E-state index is 0.184. The van der Waals surface area contributed by atoms with Crippen LogP contribution in [0.1, 0.15) is 51.6 Å². The average molecular weight is 376 g/mol. The van der Waals surface area contributed by atoms with Gasteiger partial charge in [0.2, 0.25) is 0 Å². The van der Waals surface area contributed by atoms with Crippen molar-refractivity contribution < 1.29 is 14.3 Å². The molecule has 27 heavy (non-hydrogen) atoms. The normalized spacial score (nSPS) is 15.0. The van der Waals surface area contributed by atoms with E-state index in [-0.39, 0.29) is 18.5 Å². The Morgan fingerprint density at radius 3 is 2.70 bits per heavy atom. The van der Waals surface area contributed by atoms with Crippen LogP contribution < -0.4 is 10.2 Å². The zero-order chi connectivity index (χ0) is 19.6. The molecule has 0 spiro atoms. The summed E-state index contributed by atoms with van der Waals surface area (Å²) in [6.07, 6.45) is 5.51. The van der Waals surface area contributed by atoms with Crippen LogP contribution in [0.4, 0.5) is 5.82 Å². The van der Waals surface area contributed by atoms with Crippen LogP contribution in [-0.4, -0.2) is 43.6 Å². The van der Waals surface area contributed by atoms with Gasteiger partial charge in [0.15, 0.2) is 6.61 Å². The van der Waals surface area contributed by atoms with Gasteiger partial charge in [0.1, 0.15) is 5.82 Å². The highest BCUT2D eigenvalue weighted by Crippen LogP contribution is 2.26. The van der Waals surface area contributed by atoms with E-state index >= 15 is 0 Å². The fourth-order valence-electron chi connectivity index (χ4n) is 3.45. The zero-order valence-electron chi connectivity index (χ0n) is 16.9. The number of nitrogens with zero attached hydrogens (tertiary/aromatic N) is 2. The van der Waals surface area contributed by atoms with Crippen LogP contribution in [0.15, 0.2) is 18.2 Å². The summed E-state index contributed by atoms with van der Waals surface area (Å²) in [5.74, 6) is 1.78. The van der Waals surface area contributed by atoms with Crippen LogP contribution in [0, 0.1) is 11.8 Å². The molecule has 2 heterocycles. The summed E-state index contributed by atoms with van der Waals surface area (Å²) in [4.78, 5) is 29.9. The van der Waals surface area contributed by atoms with E-state index < -0.39 is 0 Å². The molecule has 0 atom stereocenters. The topological polar surface area (TPSA) is 71.5 Å². The number of rotatable bonds is 9. The Labute approximate surface area is 162 Å². The molecule has 0 bridgehead atoms. The van der Waals surface area contributed by atoms with E-state index in [9.17, 15) is 9.59 Å². The fraction of sp³-hybridized carbons (Fsp3) is 0.667. The van der Waals surface area contributed by atoms with Crippen molar-refractivity contribution in [1.29, 1.82) is 0 Å². The van der Waals surface area contributed by atoms with Crippen molar-refractivity contribution in [3.63, 3.8) is 0 Å². The summed E-state index contributed by atoms with van der Waals surface area (Å²) in [6, 6.07) is 6.32. The van der Waals surface area contributed by atoms with Gasteiger partial charge in [0.05, 0.1) is 0 Å². The van der Waals surface area contributed by atoms with Crippen molar-refractivity contribution in [3.8, 4) is 0 Å². The van der Waals surface area contributed by atoms with Gasteiger partial charge >= 0.3 is 5.97 Å². The lowest BCUT2D eigenvalue weighted by Gasteiger charge is -2.33. The third-order valence-electron chi connectivity index (χ3n) is 4.98. The lowest BCUT2D eigenvalue weighted by atomic mass is 9.91. The van der Waals surface area contributed by atoms with E-state index in [1.807, 2.05) is 0 Å². The Morgan fingerprint density at radius 2 is 2.04 bits per heavy atom. The number of esters is 1. The predicted molar refractivity (Wildman–Crippen MR) is 107 cm³/mol. The number of amides is 1. The van der Waals surface area contributed by atoms with Crippen molar-refractivity contribution in [3.05, 3.63) is 23.9 Å². The van der Waals surface area contributed by atoms with Crippen molar-refractivity contribution in [2.24, 2.45) is 11.8 Å². The monoisotopic (exact) mass is 375 g/mol. The van der Waals surface area contributed by atoms with Gasteiger partial charge in [-0.05, 0) is 56.1 Å². The number of likely N-dealkylation sites (N-methyl/N-ethyl adjacent to an activating group) is 1. The number of nitrogens with one attached hydrogen (secondary N) is 1. The first-order chi connectivity index (χ1) is 13.0. The molecule has 6 heteroatoms. The molecular formula is C21H33N3O3. The number of anilines is 1. The largest absolute Gasteiger partial charge is 0.456 e. The first kappa shape index (κ1) is 21.2. The minimum Gasteiger partial charge on any atom is -0.456 e. The maximum atomic E-state index is 11.6.